The molecule has 2 unspecified atom stereocenters. The highest BCUT2D eigenvalue weighted by Crippen LogP contribution is 2.42. The second-order valence-electron chi connectivity index (χ2n) is 11.9. The predicted octanol–water partition coefficient (Wildman–Crippen LogP) is 6.82. The van der Waals surface area contributed by atoms with Gasteiger partial charge in [-0.15, -0.1) is 5.54 Å². The number of rotatable bonds is 5. The number of H-pyrrole nitrogens is 1. The highest BCUT2D eigenvalue weighted by molar-refractivity contribution is 9.10. The van der Waals surface area contributed by atoms with Crippen molar-refractivity contribution >= 4 is 46.8 Å². The number of esters is 1. The van der Waals surface area contributed by atoms with Crippen LogP contribution in [0.4, 0.5) is 4.39 Å². The molecule has 1 N–H and O–H groups in total. The lowest BCUT2D eigenvalue weighted by atomic mass is 9.88. The third kappa shape index (κ3) is 6.38. The molecule has 0 spiro atoms. The minimum absolute atomic E-state index is 0.0148. The monoisotopic (exact) mass is 661 g/mol. The van der Waals surface area contributed by atoms with E-state index < -0.39 is 37.9 Å². The van der Waals surface area contributed by atoms with Gasteiger partial charge in [0.25, 0.3) is 5.91 Å². The maximum absolute atomic E-state index is 15.9. The van der Waals surface area contributed by atoms with Gasteiger partial charge >= 0.3 is 5.97 Å². The molecule has 7 nitrogen and oxygen atoms in total. The maximum Gasteiger partial charge on any atom is 0.328 e. The average molecular weight is 663 g/mol. The van der Waals surface area contributed by atoms with E-state index in [2.05, 4.69) is 37.4 Å². The summed E-state index contributed by atoms with van der Waals surface area (Å²) in [4.78, 5) is 36.4. The zero-order valence-electron chi connectivity index (χ0n) is 24.9. The number of hydrogen-bond acceptors (Lipinski definition) is 5. The number of aromatic amines is 1. The van der Waals surface area contributed by atoms with E-state index in [9.17, 15) is 9.59 Å². The molecule has 2 aromatic heterocycles. The lowest BCUT2D eigenvalue weighted by molar-refractivity contribution is -0.153. The van der Waals surface area contributed by atoms with Gasteiger partial charge in [-0.05, 0) is 73.9 Å². The van der Waals surface area contributed by atoms with Crippen molar-refractivity contribution in [1.82, 2.24) is 14.9 Å². The molecule has 3 heterocycles. The zero-order chi connectivity index (χ0) is 31.1. The van der Waals surface area contributed by atoms with Gasteiger partial charge in [0.15, 0.2) is 0 Å². The van der Waals surface area contributed by atoms with Crippen LogP contribution in [0.2, 0.25) is 19.6 Å². The summed E-state index contributed by atoms with van der Waals surface area (Å²) in [6.07, 6.45) is 1.79. The molecule has 0 fully saturated rings. The number of hydrogen-bond donors (Lipinski definition) is 1. The maximum atomic E-state index is 15.9. The van der Waals surface area contributed by atoms with E-state index in [-0.39, 0.29) is 18.2 Å². The van der Waals surface area contributed by atoms with Crippen LogP contribution in [0.15, 0.2) is 59.2 Å². The van der Waals surface area contributed by atoms with Crippen molar-refractivity contribution in [1.29, 1.82) is 0 Å². The lowest BCUT2D eigenvalue weighted by Crippen LogP contribution is -2.51. The Labute approximate surface area is 259 Å². The Morgan fingerprint density at radius 3 is 2.49 bits per heavy atom. The van der Waals surface area contributed by atoms with Crippen molar-refractivity contribution in [2.75, 3.05) is 7.11 Å². The molecule has 1 aliphatic rings. The first-order chi connectivity index (χ1) is 20.4. The molecule has 0 radical (unpaired) electrons. The summed E-state index contributed by atoms with van der Waals surface area (Å²) in [7, 11) is -0.639. The Kier molecular flexibility index (Phi) is 8.50. The molecule has 43 heavy (non-hydrogen) atoms. The van der Waals surface area contributed by atoms with Crippen molar-refractivity contribution in [3.05, 3.63) is 81.8 Å². The summed E-state index contributed by atoms with van der Waals surface area (Å²) < 4.78 is 27.6. The standard InChI is InChI=1S/C33H33BrFN3O4Si/c1-19(2)42-23-10-7-20(8-11-23)30-26(35)15-21(18-36-30)32-31-25(24-16-22(34)9-12-27(24)37-31)17-28(33(40)41-3)38(32)29(39)13-14-43(4,5)6/h7-12,15-16,18-19,28,32,37H,17H2,1-6H3. The number of ether oxygens (including phenoxy) is 2. The number of pyridine rings is 1. The summed E-state index contributed by atoms with van der Waals surface area (Å²) in [5.74, 6) is 1.81. The van der Waals surface area contributed by atoms with Crippen LogP contribution >= 0.6 is 15.9 Å². The van der Waals surface area contributed by atoms with Crippen molar-refractivity contribution < 1.29 is 23.5 Å². The largest absolute Gasteiger partial charge is 0.491 e. The number of nitrogens with zero attached hydrogens (tertiary/aromatic N) is 2. The van der Waals surface area contributed by atoms with Gasteiger partial charge in [-0.3, -0.25) is 9.78 Å². The number of nitrogens with one attached hydrogen (secondary N) is 1. The Balaban J connectivity index is 1.67. The van der Waals surface area contributed by atoms with Crippen molar-refractivity contribution in [2.24, 2.45) is 0 Å². The SMILES string of the molecule is COC(=O)C1Cc2c([nH]c3ccc(Br)cc23)C(c2cnc(-c3ccc(OC(C)C)cc3)c(F)c2)N1C(=O)C#C[Si](C)(C)C. The van der Waals surface area contributed by atoms with E-state index in [4.69, 9.17) is 9.47 Å². The number of carbonyl (C=O) groups excluding carboxylic acids is 2. The normalized spacial score (nSPS) is 16.4. The van der Waals surface area contributed by atoms with Gasteiger partial charge in [-0.25, -0.2) is 9.18 Å². The quantitative estimate of drug-likeness (QED) is 0.144. The minimum atomic E-state index is -1.93. The Morgan fingerprint density at radius 2 is 1.86 bits per heavy atom. The van der Waals surface area contributed by atoms with Gasteiger partial charge in [-0.2, -0.15) is 0 Å². The summed E-state index contributed by atoms with van der Waals surface area (Å²) in [6, 6.07) is 12.4. The van der Waals surface area contributed by atoms with E-state index in [1.165, 1.54) is 18.1 Å². The van der Waals surface area contributed by atoms with E-state index >= 15 is 4.39 Å². The van der Waals surface area contributed by atoms with Crippen molar-refractivity contribution in [2.45, 2.75) is 58.1 Å². The molecule has 1 aliphatic heterocycles. The van der Waals surface area contributed by atoms with Crippen LogP contribution in [-0.2, 0) is 20.7 Å². The first-order valence-corrected chi connectivity index (χ1v) is 18.3. The molecule has 1 amide bonds. The topological polar surface area (TPSA) is 84.5 Å². The van der Waals surface area contributed by atoms with E-state index in [1.807, 2.05) is 51.7 Å². The van der Waals surface area contributed by atoms with Crippen LogP contribution in [0.5, 0.6) is 5.75 Å². The average Bonchev–Trinajstić information content (AvgIpc) is 3.31. The van der Waals surface area contributed by atoms with Crippen LogP contribution in [-0.4, -0.2) is 54.1 Å². The lowest BCUT2D eigenvalue weighted by Gasteiger charge is -2.39. The molecule has 0 saturated carbocycles. The first kappa shape index (κ1) is 30.5. The van der Waals surface area contributed by atoms with Crippen LogP contribution < -0.4 is 4.74 Å². The predicted molar refractivity (Wildman–Crippen MR) is 171 cm³/mol. The van der Waals surface area contributed by atoms with E-state index in [0.717, 1.165) is 20.9 Å². The number of aromatic nitrogens is 2. The smallest absolute Gasteiger partial charge is 0.328 e. The number of carbonyl (C=O) groups is 2. The molecule has 2 atom stereocenters. The highest BCUT2D eigenvalue weighted by atomic mass is 79.9. The van der Waals surface area contributed by atoms with E-state index in [1.54, 1.807) is 30.5 Å². The van der Waals surface area contributed by atoms with Gasteiger partial charge in [0, 0.05) is 44.8 Å². The second-order valence-corrected chi connectivity index (χ2v) is 17.5. The molecule has 4 aromatic rings. The third-order valence-electron chi connectivity index (χ3n) is 7.12. The molecule has 0 saturated heterocycles. The summed E-state index contributed by atoms with van der Waals surface area (Å²) >= 11 is 3.54. The fourth-order valence-electron chi connectivity index (χ4n) is 5.31. The van der Waals surface area contributed by atoms with Gasteiger partial charge in [0.05, 0.1) is 13.2 Å². The Hall–Kier alpha value is -3.94. The summed E-state index contributed by atoms with van der Waals surface area (Å²) in [6.45, 7) is 9.97. The zero-order valence-corrected chi connectivity index (χ0v) is 27.5. The molecular weight excluding hydrogens is 629 g/mol. The molecule has 2 aromatic carbocycles. The van der Waals surface area contributed by atoms with Crippen LogP contribution in [0.25, 0.3) is 22.2 Å². The number of methoxy groups -OCH3 is 1. The minimum Gasteiger partial charge on any atom is -0.491 e. The molecule has 10 heteroatoms. The van der Waals surface area contributed by atoms with Gasteiger partial charge in [0.1, 0.15) is 37.4 Å². The van der Waals surface area contributed by atoms with Crippen molar-refractivity contribution in [3.8, 4) is 28.5 Å². The van der Waals surface area contributed by atoms with Crippen LogP contribution in [0, 0.1) is 17.3 Å². The number of amides is 1. The molecule has 222 valence electrons. The molecular formula is C33H33BrFN3O4Si. The van der Waals surface area contributed by atoms with Crippen LogP contribution in [0.1, 0.15) is 36.7 Å². The molecule has 0 aliphatic carbocycles. The van der Waals surface area contributed by atoms with Crippen molar-refractivity contribution in [3.63, 3.8) is 0 Å². The van der Waals surface area contributed by atoms with Gasteiger partial charge < -0.3 is 19.4 Å². The summed E-state index contributed by atoms with van der Waals surface area (Å²) in [5.41, 5.74) is 6.63. The van der Waals surface area contributed by atoms with E-state index in [0.29, 0.717) is 22.6 Å². The van der Waals surface area contributed by atoms with Gasteiger partial charge in [0.2, 0.25) is 0 Å². The van der Waals surface area contributed by atoms with Gasteiger partial charge in [-0.1, -0.05) is 35.6 Å². The first-order valence-electron chi connectivity index (χ1n) is 14.0. The summed E-state index contributed by atoms with van der Waals surface area (Å²) in [5, 5.41) is 0.900. The van der Waals surface area contributed by atoms with Crippen LogP contribution in [0.3, 0.4) is 0 Å². The fourth-order valence-corrected chi connectivity index (χ4v) is 6.15. The Bertz CT molecular complexity index is 1770. The molecule has 0 bridgehead atoms. The molecule has 5 rings (SSSR count). The third-order valence-corrected chi connectivity index (χ3v) is 8.48. The fraction of sp³-hybridized carbons (Fsp3) is 0.303. The Morgan fingerprint density at radius 1 is 1.14 bits per heavy atom. The highest BCUT2D eigenvalue weighted by Gasteiger charge is 2.44. The second kappa shape index (κ2) is 12.0. The number of halogens is 2. The number of fused-ring (bicyclic) bond motifs is 3. The number of benzene rings is 2.